The molecular weight excluding hydrogens is 364 g/mol. The second kappa shape index (κ2) is 8.06. The Bertz CT molecular complexity index is 1150. The fourth-order valence-corrected chi connectivity index (χ4v) is 2.98. The Labute approximate surface area is 168 Å². The van der Waals surface area contributed by atoms with Crippen molar-refractivity contribution >= 4 is 11.6 Å². The average molecular weight is 384 g/mol. The summed E-state index contributed by atoms with van der Waals surface area (Å²) in [4.78, 5) is 21.2. The second-order valence-electron chi connectivity index (χ2n) is 6.84. The lowest BCUT2D eigenvalue weighted by Crippen LogP contribution is -2.13. The van der Waals surface area contributed by atoms with E-state index >= 15 is 0 Å². The first-order chi connectivity index (χ1) is 14.1. The Morgan fingerprint density at radius 1 is 1.03 bits per heavy atom. The van der Waals surface area contributed by atoms with Gasteiger partial charge in [0.05, 0.1) is 6.42 Å². The van der Waals surface area contributed by atoms with Crippen molar-refractivity contribution in [2.45, 2.75) is 20.3 Å². The fraction of sp³-hybridized carbons (Fsp3) is 0.130. The van der Waals surface area contributed by atoms with Crippen LogP contribution in [0.5, 0.6) is 0 Å². The second-order valence-corrected chi connectivity index (χ2v) is 6.84. The number of nitrogens with zero attached hydrogens (tertiary/aromatic N) is 3. The van der Waals surface area contributed by atoms with Crippen molar-refractivity contribution in [3.63, 3.8) is 0 Å². The smallest absolute Gasteiger partial charge is 0.255 e. The van der Waals surface area contributed by atoms with Crippen LogP contribution in [0.3, 0.4) is 0 Å². The number of amides is 1. The number of pyridine rings is 1. The van der Waals surface area contributed by atoms with E-state index in [1.54, 1.807) is 12.4 Å². The summed E-state index contributed by atoms with van der Waals surface area (Å²) >= 11 is 0. The number of para-hydroxylation sites is 1. The predicted molar refractivity (Wildman–Crippen MR) is 111 cm³/mol. The lowest BCUT2D eigenvalue weighted by Gasteiger charge is -2.11. The van der Waals surface area contributed by atoms with Gasteiger partial charge in [-0.2, -0.15) is 4.98 Å². The molecule has 1 amide bonds. The summed E-state index contributed by atoms with van der Waals surface area (Å²) in [7, 11) is 0. The van der Waals surface area contributed by atoms with Crippen LogP contribution in [0.4, 0.5) is 5.69 Å². The van der Waals surface area contributed by atoms with Gasteiger partial charge in [0, 0.05) is 29.2 Å². The highest BCUT2D eigenvalue weighted by Crippen LogP contribution is 2.21. The van der Waals surface area contributed by atoms with Gasteiger partial charge in [-0.25, -0.2) is 0 Å². The molecule has 0 atom stereocenters. The zero-order valence-electron chi connectivity index (χ0n) is 16.2. The number of nitrogens with one attached hydrogen (secondary N) is 1. The van der Waals surface area contributed by atoms with Crippen LogP contribution >= 0.6 is 0 Å². The van der Waals surface area contributed by atoms with E-state index in [1.807, 2.05) is 68.4 Å². The van der Waals surface area contributed by atoms with E-state index in [0.717, 1.165) is 27.9 Å². The average Bonchev–Trinajstić information content (AvgIpc) is 3.21. The number of aryl methyl sites for hydroxylation is 2. The zero-order valence-corrected chi connectivity index (χ0v) is 16.2. The van der Waals surface area contributed by atoms with Crippen molar-refractivity contribution in [3.05, 3.63) is 95.1 Å². The Kier molecular flexibility index (Phi) is 5.16. The minimum Gasteiger partial charge on any atom is -0.339 e. The van der Waals surface area contributed by atoms with Gasteiger partial charge in [0.1, 0.15) is 0 Å². The molecule has 0 saturated heterocycles. The number of hydrogen-bond donors (Lipinski definition) is 1. The van der Waals surface area contributed by atoms with Crippen LogP contribution in [0.1, 0.15) is 32.9 Å². The Balaban J connectivity index is 1.53. The molecule has 0 saturated carbocycles. The molecule has 4 rings (SSSR count). The number of aromatic nitrogens is 3. The molecular formula is C23H20N4O2. The van der Waals surface area contributed by atoms with Crippen LogP contribution < -0.4 is 5.32 Å². The van der Waals surface area contributed by atoms with Gasteiger partial charge in [-0.3, -0.25) is 9.78 Å². The third kappa shape index (κ3) is 4.21. The summed E-state index contributed by atoms with van der Waals surface area (Å²) in [5.74, 6) is 0.809. The van der Waals surface area contributed by atoms with Gasteiger partial charge in [-0.15, -0.1) is 0 Å². The van der Waals surface area contributed by atoms with Crippen molar-refractivity contribution in [1.82, 2.24) is 15.1 Å². The SMILES string of the molecule is Cc1ccc(C(=O)Nc2ccccc2Cc2nc(-c3cccnc3)no2)cc1C. The van der Waals surface area contributed by atoms with Crippen LogP contribution in [-0.4, -0.2) is 21.0 Å². The molecule has 4 aromatic rings. The number of rotatable bonds is 5. The zero-order chi connectivity index (χ0) is 20.2. The van der Waals surface area contributed by atoms with Gasteiger partial charge in [-0.05, 0) is 60.9 Å². The Hall–Kier alpha value is -3.80. The molecule has 0 aliphatic carbocycles. The van der Waals surface area contributed by atoms with Gasteiger partial charge >= 0.3 is 0 Å². The lowest BCUT2D eigenvalue weighted by molar-refractivity contribution is 0.102. The maximum absolute atomic E-state index is 12.7. The third-order valence-electron chi connectivity index (χ3n) is 4.76. The summed E-state index contributed by atoms with van der Waals surface area (Å²) in [5, 5.41) is 7.02. The first kappa shape index (κ1) is 18.6. The molecule has 1 N–H and O–H groups in total. The molecule has 144 valence electrons. The van der Waals surface area contributed by atoms with Crippen LogP contribution in [0.15, 0.2) is 71.5 Å². The molecule has 6 heteroatoms. The quantitative estimate of drug-likeness (QED) is 0.544. The number of hydrogen-bond acceptors (Lipinski definition) is 5. The summed E-state index contributed by atoms with van der Waals surface area (Å²) in [5.41, 5.74) is 5.27. The number of benzene rings is 2. The van der Waals surface area contributed by atoms with Gasteiger partial charge in [0.25, 0.3) is 5.91 Å². The maximum Gasteiger partial charge on any atom is 0.255 e. The predicted octanol–water partition coefficient (Wildman–Crippen LogP) is 4.59. The normalized spacial score (nSPS) is 10.7. The summed E-state index contributed by atoms with van der Waals surface area (Å²) < 4.78 is 5.39. The lowest BCUT2D eigenvalue weighted by atomic mass is 10.1. The third-order valence-corrected chi connectivity index (χ3v) is 4.76. The Morgan fingerprint density at radius 3 is 2.69 bits per heavy atom. The molecule has 0 aliphatic heterocycles. The molecule has 0 bridgehead atoms. The highest BCUT2D eigenvalue weighted by molar-refractivity contribution is 6.04. The largest absolute Gasteiger partial charge is 0.339 e. The van der Waals surface area contributed by atoms with Gasteiger partial charge in [-0.1, -0.05) is 29.4 Å². The number of carbonyl (C=O) groups excluding carboxylic acids is 1. The van der Waals surface area contributed by atoms with Crippen molar-refractivity contribution in [2.75, 3.05) is 5.32 Å². The van der Waals surface area contributed by atoms with Crippen LogP contribution in [0, 0.1) is 13.8 Å². The highest BCUT2D eigenvalue weighted by Gasteiger charge is 2.14. The molecule has 29 heavy (non-hydrogen) atoms. The van der Waals surface area contributed by atoms with Crippen molar-refractivity contribution in [1.29, 1.82) is 0 Å². The first-order valence-corrected chi connectivity index (χ1v) is 9.29. The molecule has 6 nitrogen and oxygen atoms in total. The molecule has 2 aromatic heterocycles. The molecule has 2 aromatic carbocycles. The standard InChI is InChI=1S/C23H20N4O2/c1-15-9-10-18(12-16(15)2)23(28)25-20-8-4-3-6-17(20)13-21-26-22(27-29-21)19-7-5-11-24-14-19/h3-12,14H,13H2,1-2H3,(H,25,28). The minimum atomic E-state index is -0.151. The van der Waals surface area contributed by atoms with Crippen LogP contribution in [-0.2, 0) is 6.42 Å². The maximum atomic E-state index is 12.7. The van der Waals surface area contributed by atoms with E-state index < -0.39 is 0 Å². The van der Waals surface area contributed by atoms with E-state index in [1.165, 1.54) is 0 Å². The number of anilines is 1. The molecule has 0 radical (unpaired) electrons. The number of carbonyl (C=O) groups is 1. The van der Waals surface area contributed by atoms with E-state index in [9.17, 15) is 4.79 Å². The summed E-state index contributed by atoms with van der Waals surface area (Å²) in [6.45, 7) is 4.02. The molecule has 0 fully saturated rings. The Morgan fingerprint density at radius 2 is 1.90 bits per heavy atom. The van der Waals surface area contributed by atoms with Gasteiger partial charge in [0.15, 0.2) is 0 Å². The van der Waals surface area contributed by atoms with Crippen molar-refractivity contribution in [2.24, 2.45) is 0 Å². The highest BCUT2D eigenvalue weighted by atomic mass is 16.5. The van der Waals surface area contributed by atoms with Crippen molar-refractivity contribution in [3.8, 4) is 11.4 Å². The van der Waals surface area contributed by atoms with Gasteiger partial charge < -0.3 is 9.84 Å². The molecule has 0 spiro atoms. The molecule has 0 aliphatic rings. The van der Waals surface area contributed by atoms with E-state index in [-0.39, 0.29) is 5.91 Å². The first-order valence-electron chi connectivity index (χ1n) is 9.29. The van der Waals surface area contributed by atoms with Crippen molar-refractivity contribution < 1.29 is 9.32 Å². The summed E-state index contributed by atoms with van der Waals surface area (Å²) in [6, 6.07) is 17.0. The van der Waals surface area contributed by atoms with E-state index in [4.69, 9.17) is 4.52 Å². The topological polar surface area (TPSA) is 80.9 Å². The monoisotopic (exact) mass is 384 g/mol. The summed E-state index contributed by atoms with van der Waals surface area (Å²) in [6.07, 6.45) is 3.79. The molecule has 2 heterocycles. The van der Waals surface area contributed by atoms with E-state index in [0.29, 0.717) is 23.7 Å². The molecule has 0 unspecified atom stereocenters. The van der Waals surface area contributed by atoms with E-state index in [2.05, 4.69) is 20.4 Å². The van der Waals surface area contributed by atoms with Crippen LogP contribution in [0.25, 0.3) is 11.4 Å². The fourth-order valence-electron chi connectivity index (χ4n) is 2.98. The minimum absolute atomic E-state index is 0.151. The van der Waals surface area contributed by atoms with Crippen LogP contribution in [0.2, 0.25) is 0 Å². The van der Waals surface area contributed by atoms with Gasteiger partial charge in [0.2, 0.25) is 11.7 Å².